The number of aromatic amines is 1. The summed E-state index contributed by atoms with van der Waals surface area (Å²) in [6.07, 6.45) is 6.48. The number of carbonyl (C=O) groups excluding carboxylic acids is 2. The van der Waals surface area contributed by atoms with Crippen LogP contribution >= 0.6 is 0 Å². The number of nitrogens with one attached hydrogen (secondary N) is 3. The van der Waals surface area contributed by atoms with Gasteiger partial charge in [-0.3, -0.25) is 4.79 Å². The molecule has 1 atom stereocenters. The van der Waals surface area contributed by atoms with Crippen LogP contribution in [0.5, 0.6) is 0 Å². The number of carbonyl (C=O) groups is 2. The maximum Gasteiger partial charge on any atom is 0.318 e. The van der Waals surface area contributed by atoms with Gasteiger partial charge in [-0.05, 0) is 49.8 Å². The maximum atomic E-state index is 12.5. The van der Waals surface area contributed by atoms with E-state index in [9.17, 15) is 9.59 Å². The summed E-state index contributed by atoms with van der Waals surface area (Å²) in [5, 5.41) is 7.19. The van der Waals surface area contributed by atoms with Crippen LogP contribution in [-0.2, 0) is 11.2 Å². The van der Waals surface area contributed by atoms with Gasteiger partial charge >= 0.3 is 6.03 Å². The molecule has 25 heavy (non-hydrogen) atoms. The minimum atomic E-state index is -0.311. The van der Waals surface area contributed by atoms with Crippen molar-refractivity contribution in [3.8, 4) is 0 Å². The fourth-order valence-corrected chi connectivity index (χ4v) is 3.58. The van der Waals surface area contributed by atoms with Gasteiger partial charge in [-0.15, -0.1) is 0 Å². The van der Waals surface area contributed by atoms with Crippen molar-refractivity contribution in [2.75, 3.05) is 13.1 Å². The molecule has 132 valence electrons. The Bertz CT molecular complexity index is 781. The first-order valence-corrected chi connectivity index (χ1v) is 9.12. The molecular formula is C19H24N4O2. The highest BCUT2D eigenvalue weighted by molar-refractivity contribution is 5.88. The van der Waals surface area contributed by atoms with Gasteiger partial charge < -0.3 is 20.5 Å². The van der Waals surface area contributed by atoms with Gasteiger partial charge in [-0.1, -0.05) is 12.1 Å². The second-order valence-corrected chi connectivity index (χ2v) is 6.97. The van der Waals surface area contributed by atoms with E-state index in [0.717, 1.165) is 37.6 Å². The molecule has 1 aliphatic carbocycles. The standard InChI is InChI=1S/C19H24N4O2/c24-18(22-14-6-7-14)17-5-2-12-23(17)19(25)21-10-8-13-3-1-4-16-15(13)9-11-20-16/h1,3-4,9,11,14,17,20H,2,5-8,10,12H2,(H,21,25)(H,22,24)/t17-/m1/s1. The zero-order valence-electron chi connectivity index (χ0n) is 14.3. The number of nitrogens with zero attached hydrogens (tertiary/aromatic N) is 1. The Labute approximate surface area is 147 Å². The van der Waals surface area contributed by atoms with E-state index in [4.69, 9.17) is 0 Å². The van der Waals surface area contributed by atoms with Gasteiger partial charge in [0.2, 0.25) is 5.91 Å². The summed E-state index contributed by atoms with van der Waals surface area (Å²) >= 11 is 0. The molecule has 1 aliphatic heterocycles. The van der Waals surface area contributed by atoms with Crippen molar-refractivity contribution in [2.45, 2.75) is 44.2 Å². The van der Waals surface area contributed by atoms with Crippen molar-refractivity contribution in [2.24, 2.45) is 0 Å². The van der Waals surface area contributed by atoms with Gasteiger partial charge in [-0.25, -0.2) is 4.79 Å². The monoisotopic (exact) mass is 340 g/mol. The van der Waals surface area contributed by atoms with E-state index in [1.54, 1.807) is 4.90 Å². The molecule has 3 N–H and O–H groups in total. The van der Waals surface area contributed by atoms with E-state index in [2.05, 4.69) is 27.8 Å². The number of benzene rings is 1. The molecule has 0 bridgehead atoms. The number of H-pyrrole nitrogens is 1. The van der Waals surface area contributed by atoms with E-state index >= 15 is 0 Å². The third kappa shape index (κ3) is 3.48. The highest BCUT2D eigenvalue weighted by Crippen LogP contribution is 2.22. The van der Waals surface area contributed by atoms with Crippen LogP contribution in [0.25, 0.3) is 10.9 Å². The number of amides is 3. The molecule has 1 saturated heterocycles. The summed E-state index contributed by atoms with van der Waals surface area (Å²) < 4.78 is 0. The minimum Gasteiger partial charge on any atom is -0.361 e. The smallest absolute Gasteiger partial charge is 0.318 e. The molecule has 2 heterocycles. The Balaban J connectivity index is 1.32. The third-order valence-electron chi connectivity index (χ3n) is 5.10. The van der Waals surface area contributed by atoms with Gasteiger partial charge in [0.05, 0.1) is 0 Å². The van der Waals surface area contributed by atoms with Crippen LogP contribution in [-0.4, -0.2) is 47.0 Å². The molecule has 1 aromatic carbocycles. The third-order valence-corrected chi connectivity index (χ3v) is 5.10. The van der Waals surface area contributed by atoms with Crippen molar-refractivity contribution >= 4 is 22.8 Å². The lowest BCUT2D eigenvalue weighted by Gasteiger charge is -2.24. The number of hydrogen-bond donors (Lipinski definition) is 3. The number of rotatable bonds is 5. The Kier molecular flexibility index (Phi) is 4.34. The Morgan fingerprint density at radius 2 is 2.08 bits per heavy atom. The molecule has 2 fully saturated rings. The highest BCUT2D eigenvalue weighted by atomic mass is 16.2. The minimum absolute atomic E-state index is 0.00670. The van der Waals surface area contributed by atoms with Gasteiger partial charge in [0.1, 0.15) is 6.04 Å². The molecule has 0 spiro atoms. The second-order valence-electron chi connectivity index (χ2n) is 6.97. The lowest BCUT2D eigenvalue weighted by molar-refractivity contribution is -0.124. The predicted molar refractivity (Wildman–Crippen MR) is 96.3 cm³/mol. The van der Waals surface area contributed by atoms with Crippen molar-refractivity contribution in [1.82, 2.24) is 20.5 Å². The Morgan fingerprint density at radius 1 is 1.20 bits per heavy atom. The lowest BCUT2D eigenvalue weighted by Crippen LogP contribution is -2.50. The van der Waals surface area contributed by atoms with Crippen LogP contribution in [0.4, 0.5) is 4.79 Å². The molecule has 4 rings (SSSR count). The summed E-state index contributed by atoms with van der Waals surface area (Å²) in [5.74, 6) is 0.00670. The molecule has 2 aromatic rings. The first-order chi connectivity index (χ1) is 12.2. The average molecular weight is 340 g/mol. The number of urea groups is 1. The summed E-state index contributed by atoms with van der Waals surface area (Å²) in [4.78, 5) is 29.7. The van der Waals surface area contributed by atoms with Gasteiger partial charge in [0, 0.05) is 36.2 Å². The second kappa shape index (κ2) is 6.78. The molecule has 0 radical (unpaired) electrons. The average Bonchev–Trinajstić information content (AvgIpc) is 3.12. The SMILES string of the molecule is O=C(NC1CC1)[C@H]1CCCN1C(=O)NCCc1cccc2[nH]ccc12. The first kappa shape index (κ1) is 16.0. The highest BCUT2D eigenvalue weighted by Gasteiger charge is 2.36. The van der Waals surface area contributed by atoms with E-state index in [0.29, 0.717) is 19.1 Å². The van der Waals surface area contributed by atoms with Gasteiger partial charge in [-0.2, -0.15) is 0 Å². The van der Waals surface area contributed by atoms with Crippen molar-refractivity contribution in [3.05, 3.63) is 36.0 Å². The number of fused-ring (bicyclic) bond motifs is 1. The predicted octanol–water partition coefficient (Wildman–Crippen LogP) is 2.16. The molecule has 0 unspecified atom stereocenters. The topological polar surface area (TPSA) is 77.2 Å². The summed E-state index contributed by atoms with van der Waals surface area (Å²) in [5.41, 5.74) is 2.32. The number of aromatic nitrogens is 1. The fraction of sp³-hybridized carbons (Fsp3) is 0.474. The first-order valence-electron chi connectivity index (χ1n) is 9.12. The Morgan fingerprint density at radius 3 is 2.92 bits per heavy atom. The summed E-state index contributed by atoms with van der Waals surface area (Å²) in [7, 11) is 0. The van der Waals surface area contributed by atoms with Crippen molar-refractivity contribution in [1.29, 1.82) is 0 Å². The molecule has 6 nitrogen and oxygen atoms in total. The van der Waals surface area contributed by atoms with Gasteiger partial charge in [0.15, 0.2) is 0 Å². The molecule has 1 aromatic heterocycles. The molecule has 2 aliphatic rings. The Hall–Kier alpha value is -2.50. The lowest BCUT2D eigenvalue weighted by atomic mass is 10.1. The van der Waals surface area contributed by atoms with Crippen LogP contribution in [0.15, 0.2) is 30.5 Å². The fourth-order valence-electron chi connectivity index (χ4n) is 3.58. The van der Waals surface area contributed by atoms with Crippen LogP contribution in [0.3, 0.4) is 0 Å². The summed E-state index contributed by atoms with van der Waals surface area (Å²) in [6, 6.07) is 8.11. The zero-order valence-corrected chi connectivity index (χ0v) is 14.3. The van der Waals surface area contributed by atoms with Crippen molar-refractivity contribution in [3.63, 3.8) is 0 Å². The van der Waals surface area contributed by atoms with E-state index in [-0.39, 0.29) is 18.0 Å². The largest absolute Gasteiger partial charge is 0.361 e. The maximum absolute atomic E-state index is 12.5. The van der Waals surface area contributed by atoms with Crippen LogP contribution in [0.1, 0.15) is 31.2 Å². The molecule has 6 heteroatoms. The van der Waals surface area contributed by atoms with Crippen LogP contribution in [0.2, 0.25) is 0 Å². The van der Waals surface area contributed by atoms with Crippen LogP contribution in [0, 0.1) is 0 Å². The number of hydrogen-bond acceptors (Lipinski definition) is 2. The molecule has 1 saturated carbocycles. The zero-order chi connectivity index (χ0) is 17.2. The van der Waals surface area contributed by atoms with E-state index < -0.39 is 0 Å². The van der Waals surface area contributed by atoms with E-state index in [1.165, 1.54) is 10.9 Å². The molecular weight excluding hydrogens is 316 g/mol. The summed E-state index contributed by atoms with van der Waals surface area (Å²) in [6.45, 7) is 1.22. The molecule has 3 amide bonds. The van der Waals surface area contributed by atoms with E-state index in [1.807, 2.05) is 18.3 Å². The number of likely N-dealkylation sites (tertiary alicyclic amines) is 1. The van der Waals surface area contributed by atoms with Crippen molar-refractivity contribution < 1.29 is 9.59 Å². The van der Waals surface area contributed by atoms with Gasteiger partial charge in [0.25, 0.3) is 0 Å². The quantitative estimate of drug-likeness (QED) is 0.780. The normalized spacial score (nSPS) is 20.0. The van der Waals surface area contributed by atoms with Crippen LogP contribution < -0.4 is 10.6 Å².